The molecular formula is C64H42F2N4. The highest BCUT2D eigenvalue weighted by Crippen LogP contribution is 2.49. The van der Waals surface area contributed by atoms with E-state index in [1.165, 1.54) is 6.07 Å². The van der Waals surface area contributed by atoms with Crippen molar-refractivity contribution < 1.29 is 8.78 Å². The van der Waals surface area contributed by atoms with Gasteiger partial charge in [-0.15, -0.1) is 0 Å². The van der Waals surface area contributed by atoms with Crippen LogP contribution >= 0.6 is 0 Å². The first-order chi connectivity index (χ1) is 34.4. The molecule has 0 heterocycles. The number of anilines is 6. The van der Waals surface area contributed by atoms with Gasteiger partial charge in [0.15, 0.2) is 0 Å². The number of hydrogen-bond acceptors (Lipinski definition) is 4. The van der Waals surface area contributed by atoms with E-state index < -0.39 is 11.6 Å². The average Bonchev–Trinajstić information content (AvgIpc) is 3.42. The van der Waals surface area contributed by atoms with Crippen LogP contribution in [0.5, 0.6) is 0 Å². The fourth-order valence-corrected chi connectivity index (χ4v) is 9.94. The van der Waals surface area contributed by atoms with Crippen LogP contribution in [0.15, 0.2) is 218 Å². The second-order valence-corrected chi connectivity index (χ2v) is 17.0. The molecule has 0 aliphatic carbocycles. The summed E-state index contributed by atoms with van der Waals surface area (Å²) in [5, 5.41) is 31.1. The number of nitriles is 2. The Morgan fingerprint density at radius 3 is 1.24 bits per heavy atom. The van der Waals surface area contributed by atoms with Crippen LogP contribution in [0.25, 0.3) is 76.1 Å². The Kier molecular flexibility index (Phi) is 11.1. The van der Waals surface area contributed by atoms with Crippen molar-refractivity contribution in [3.05, 3.63) is 241 Å². The van der Waals surface area contributed by atoms with Crippen LogP contribution < -0.4 is 9.80 Å². The first-order valence-corrected chi connectivity index (χ1v) is 23.3. The van der Waals surface area contributed by atoms with Crippen LogP contribution in [0.3, 0.4) is 0 Å². The number of fused-ring (bicyclic) bond motifs is 2. The van der Waals surface area contributed by atoms with E-state index >= 15 is 8.78 Å². The maximum Gasteiger partial charge on any atom is 0.147 e. The zero-order valence-electron chi connectivity index (χ0n) is 38.3. The van der Waals surface area contributed by atoms with Crippen LogP contribution in [-0.4, -0.2) is 0 Å². The van der Waals surface area contributed by atoms with E-state index in [1.807, 2.05) is 127 Å². The predicted octanol–water partition coefficient (Wildman–Crippen LogP) is 18.2. The van der Waals surface area contributed by atoms with Gasteiger partial charge < -0.3 is 9.80 Å². The average molecular weight is 905 g/mol. The normalized spacial score (nSPS) is 11.1. The Hall–Kier alpha value is -9.36. The van der Waals surface area contributed by atoms with Crippen LogP contribution in [0.1, 0.15) is 25.0 Å². The zero-order chi connectivity index (χ0) is 47.9. The molecule has 12 aromatic carbocycles. The first kappa shape index (κ1) is 43.2. The van der Waals surface area contributed by atoms with E-state index in [9.17, 15) is 10.5 Å². The maximum absolute atomic E-state index is 17.1. The molecule has 0 atom stereocenters. The van der Waals surface area contributed by atoms with Gasteiger partial charge in [0, 0.05) is 10.8 Å². The van der Waals surface area contributed by atoms with Crippen molar-refractivity contribution in [2.45, 2.75) is 13.8 Å². The topological polar surface area (TPSA) is 54.1 Å². The lowest BCUT2D eigenvalue weighted by Gasteiger charge is -2.30. The van der Waals surface area contributed by atoms with Crippen molar-refractivity contribution >= 4 is 88.0 Å². The minimum atomic E-state index is -0.447. The fourth-order valence-electron chi connectivity index (χ4n) is 9.94. The Balaban J connectivity index is 0.00000263. The summed E-state index contributed by atoms with van der Waals surface area (Å²) in [4.78, 5) is 3.68. The lowest BCUT2D eigenvalue weighted by Crippen LogP contribution is -2.14. The molecule has 4 nitrogen and oxygen atoms in total. The third-order valence-electron chi connectivity index (χ3n) is 13.2. The molecule has 0 amide bonds. The number of nitrogens with zero attached hydrogens (tertiary/aromatic N) is 4. The molecule has 0 fully saturated rings. The maximum atomic E-state index is 17.1. The SMILES string of the molecule is CC.N#Cc1ccccc1N(c1ccc(-c2ccc3ccccc3c2)cc1F)c1ccc2ccc3c(N(c4ccccc4F)c4ccc(-c5ccc6ccccc6c5)cc4C#N)ccc4ccc1c2c43. The monoisotopic (exact) mass is 904 g/mol. The Morgan fingerprint density at radius 1 is 0.314 bits per heavy atom. The molecular weight excluding hydrogens is 863 g/mol. The lowest BCUT2D eigenvalue weighted by molar-refractivity contribution is 0.628. The number of hydrogen-bond donors (Lipinski definition) is 0. The van der Waals surface area contributed by atoms with Gasteiger partial charge in [0.05, 0.1) is 45.3 Å². The molecule has 12 rings (SSSR count). The molecule has 0 saturated carbocycles. The van der Waals surface area contributed by atoms with Crippen LogP contribution in [-0.2, 0) is 0 Å². The first-order valence-electron chi connectivity index (χ1n) is 23.3. The van der Waals surface area contributed by atoms with Crippen LogP contribution in [0, 0.1) is 34.3 Å². The predicted molar refractivity (Wildman–Crippen MR) is 286 cm³/mol. The summed E-state index contributed by atoms with van der Waals surface area (Å²) in [5.41, 5.74) is 7.23. The van der Waals surface area contributed by atoms with Crippen molar-refractivity contribution in [2.24, 2.45) is 0 Å². The molecule has 0 N–H and O–H groups in total. The van der Waals surface area contributed by atoms with Gasteiger partial charge in [0.2, 0.25) is 0 Å². The summed E-state index contributed by atoms with van der Waals surface area (Å²) in [5.74, 6) is -0.889. The van der Waals surface area contributed by atoms with E-state index in [-0.39, 0.29) is 5.69 Å². The highest BCUT2D eigenvalue weighted by atomic mass is 19.1. The van der Waals surface area contributed by atoms with Crippen molar-refractivity contribution in [3.8, 4) is 34.4 Å². The van der Waals surface area contributed by atoms with E-state index in [2.05, 4.69) is 78.9 Å². The number of benzene rings is 12. The van der Waals surface area contributed by atoms with E-state index in [0.29, 0.717) is 39.6 Å². The number of halogens is 2. The van der Waals surface area contributed by atoms with Gasteiger partial charge in [0.25, 0.3) is 0 Å². The Labute approximate surface area is 404 Å². The third-order valence-corrected chi connectivity index (χ3v) is 13.2. The van der Waals surface area contributed by atoms with E-state index in [4.69, 9.17) is 0 Å². The lowest BCUT2D eigenvalue weighted by atomic mass is 9.91. The molecule has 332 valence electrons. The van der Waals surface area contributed by atoms with Crippen molar-refractivity contribution in [1.29, 1.82) is 10.5 Å². The smallest absolute Gasteiger partial charge is 0.147 e. The van der Waals surface area contributed by atoms with Gasteiger partial charge in [-0.25, -0.2) is 8.78 Å². The third kappa shape index (κ3) is 7.37. The van der Waals surface area contributed by atoms with Gasteiger partial charge in [-0.1, -0.05) is 159 Å². The van der Waals surface area contributed by atoms with Gasteiger partial charge in [-0.05, 0) is 138 Å². The van der Waals surface area contributed by atoms with Crippen molar-refractivity contribution in [3.63, 3.8) is 0 Å². The number of rotatable bonds is 8. The standard InChI is InChI=1S/C62H36F2N4.C2H6/c63-53-14-6-8-16-59(53)68(56-29-25-47(35-50(56)38-66)45-19-17-39-9-1-3-11-43(39)33-45)58-31-24-42-21-27-51-57(30-23-41-22-28-52(58)62(42)61(41)51)67(55-15-7-5-13-49(55)37-65)60-32-26-48(36-54(60)64)46-20-18-40-10-2-4-12-44(40)34-46;1-2/h1-36H;1-2H3. The highest BCUT2D eigenvalue weighted by Gasteiger charge is 2.26. The summed E-state index contributed by atoms with van der Waals surface area (Å²) in [6.45, 7) is 4.00. The Morgan fingerprint density at radius 2 is 0.700 bits per heavy atom. The Bertz CT molecular complexity index is 3990. The highest BCUT2D eigenvalue weighted by molar-refractivity contribution is 6.28. The summed E-state index contributed by atoms with van der Waals surface area (Å²) < 4.78 is 33.4. The van der Waals surface area contributed by atoms with Gasteiger partial charge >= 0.3 is 0 Å². The van der Waals surface area contributed by atoms with Crippen LogP contribution in [0.4, 0.5) is 42.9 Å². The van der Waals surface area contributed by atoms with Crippen LogP contribution in [0.2, 0.25) is 0 Å². The molecule has 0 spiro atoms. The summed E-state index contributed by atoms with van der Waals surface area (Å²) in [6, 6.07) is 74.5. The van der Waals surface area contributed by atoms with Crippen molar-refractivity contribution in [1.82, 2.24) is 0 Å². The molecule has 0 saturated heterocycles. The zero-order valence-corrected chi connectivity index (χ0v) is 38.3. The largest absolute Gasteiger partial charge is 0.306 e. The summed E-state index contributed by atoms with van der Waals surface area (Å²) in [6.07, 6.45) is 0. The van der Waals surface area contributed by atoms with Gasteiger partial charge in [-0.3, -0.25) is 0 Å². The molecule has 0 radical (unpaired) electrons. The molecule has 6 heteroatoms. The summed E-state index contributed by atoms with van der Waals surface area (Å²) in [7, 11) is 0. The van der Waals surface area contributed by atoms with Gasteiger partial charge in [0.1, 0.15) is 23.8 Å². The minimum Gasteiger partial charge on any atom is -0.306 e. The van der Waals surface area contributed by atoms with E-state index in [1.54, 1.807) is 42.5 Å². The molecule has 0 bridgehead atoms. The molecule has 12 aromatic rings. The van der Waals surface area contributed by atoms with Crippen molar-refractivity contribution in [2.75, 3.05) is 9.80 Å². The quantitative estimate of drug-likeness (QED) is 0.143. The second-order valence-electron chi connectivity index (χ2n) is 17.0. The number of para-hydroxylation sites is 2. The molecule has 0 aliphatic rings. The molecule has 70 heavy (non-hydrogen) atoms. The summed E-state index contributed by atoms with van der Waals surface area (Å²) >= 11 is 0. The fraction of sp³-hybridized carbons (Fsp3) is 0.0312. The molecule has 0 unspecified atom stereocenters. The minimum absolute atomic E-state index is 0.287. The van der Waals surface area contributed by atoms with E-state index in [0.717, 1.165) is 76.1 Å². The second kappa shape index (κ2) is 18.0. The van der Waals surface area contributed by atoms with Gasteiger partial charge in [-0.2, -0.15) is 10.5 Å². The molecule has 0 aromatic heterocycles. The molecule has 0 aliphatic heterocycles.